The molecule has 0 amide bonds. The highest BCUT2D eigenvalue weighted by Crippen LogP contribution is 2.67. The fourth-order valence-electron chi connectivity index (χ4n) is 10.0. The molecule has 4 fully saturated rings. The molecule has 3 aliphatic carbocycles. The van der Waals surface area contributed by atoms with E-state index in [1.807, 2.05) is 6.20 Å². The zero-order chi connectivity index (χ0) is 23.3. The van der Waals surface area contributed by atoms with Crippen LogP contribution in [0.5, 0.6) is 0 Å². The summed E-state index contributed by atoms with van der Waals surface area (Å²) in [5.74, 6) is 0.652. The summed E-state index contributed by atoms with van der Waals surface area (Å²) in [4.78, 5) is 10.1. The molecule has 2 bridgehead atoms. The van der Waals surface area contributed by atoms with E-state index in [-0.39, 0.29) is 11.2 Å². The Morgan fingerprint density at radius 2 is 1.91 bits per heavy atom. The normalized spacial score (nSPS) is 44.8. The minimum Gasteiger partial charge on any atom is -0.359 e. The lowest BCUT2D eigenvalue weighted by Crippen LogP contribution is -2.57. The van der Waals surface area contributed by atoms with E-state index >= 15 is 0 Å². The highest BCUT2D eigenvalue weighted by atomic mass is 16.5. The van der Waals surface area contributed by atoms with Crippen molar-refractivity contribution in [3.8, 4) is 0 Å². The summed E-state index contributed by atoms with van der Waals surface area (Å²) in [6.07, 6.45) is 23.5. The summed E-state index contributed by atoms with van der Waals surface area (Å²) >= 11 is 0. The molecule has 0 radical (unpaired) electrons. The maximum atomic E-state index is 7.55. The maximum absolute atomic E-state index is 7.55. The average molecular weight is 472 g/mol. The van der Waals surface area contributed by atoms with E-state index in [2.05, 4.69) is 46.1 Å². The van der Waals surface area contributed by atoms with Gasteiger partial charge in [0.2, 0.25) is 0 Å². The van der Waals surface area contributed by atoms with Crippen LogP contribution in [0.1, 0.15) is 82.3 Å². The molecule has 35 heavy (non-hydrogen) atoms. The molecule has 8 rings (SSSR count). The van der Waals surface area contributed by atoms with Crippen molar-refractivity contribution < 1.29 is 4.74 Å². The van der Waals surface area contributed by atoms with Crippen LogP contribution in [0, 0.1) is 11.3 Å². The zero-order valence-electron chi connectivity index (χ0n) is 21.5. The third-order valence-electron chi connectivity index (χ3n) is 11.7. The van der Waals surface area contributed by atoms with Crippen LogP contribution < -0.4 is 0 Å². The van der Waals surface area contributed by atoms with Crippen LogP contribution in [0.25, 0.3) is 0 Å². The molecule has 4 nitrogen and oxygen atoms in total. The highest BCUT2D eigenvalue weighted by molar-refractivity contribution is 5.47. The second-order valence-corrected chi connectivity index (χ2v) is 13.2. The summed E-state index contributed by atoms with van der Waals surface area (Å²) in [5.41, 5.74) is 6.50. The highest BCUT2D eigenvalue weighted by Gasteiger charge is 2.67. The quantitative estimate of drug-likeness (QED) is 0.575. The van der Waals surface area contributed by atoms with Crippen molar-refractivity contribution in [2.24, 2.45) is 11.3 Å². The van der Waals surface area contributed by atoms with E-state index in [1.54, 1.807) is 11.1 Å². The lowest BCUT2D eigenvalue weighted by molar-refractivity contribution is -0.144. The van der Waals surface area contributed by atoms with Gasteiger partial charge in [0.1, 0.15) is 0 Å². The number of fused-ring (bicyclic) bond motifs is 2. The van der Waals surface area contributed by atoms with Gasteiger partial charge in [0.25, 0.3) is 0 Å². The number of pyridine rings is 1. The molecule has 1 aromatic rings. The first-order valence-corrected chi connectivity index (χ1v) is 14.6. The number of ether oxygens (including phenoxy) is 1. The number of hydrogen-bond acceptors (Lipinski definition) is 4. The first-order chi connectivity index (χ1) is 17.1. The fraction of sp³-hybridized carbons (Fsp3) is 0.710. The van der Waals surface area contributed by atoms with Gasteiger partial charge in [-0.25, -0.2) is 0 Å². The van der Waals surface area contributed by atoms with Crippen LogP contribution in [0.2, 0.25) is 0 Å². The fourth-order valence-corrected chi connectivity index (χ4v) is 10.0. The Hall–Kier alpha value is -1.49. The molecule has 0 aromatic carbocycles. The van der Waals surface area contributed by atoms with Gasteiger partial charge in [-0.2, -0.15) is 0 Å². The van der Waals surface area contributed by atoms with E-state index in [1.165, 1.54) is 101 Å². The van der Waals surface area contributed by atoms with E-state index in [0.717, 1.165) is 12.6 Å². The van der Waals surface area contributed by atoms with Crippen molar-refractivity contribution in [3.05, 3.63) is 52.9 Å². The molecule has 2 saturated heterocycles. The Morgan fingerprint density at radius 1 is 1.00 bits per heavy atom. The van der Waals surface area contributed by atoms with Crippen molar-refractivity contribution in [2.75, 3.05) is 19.6 Å². The standard InChI is InChI=1S/C31H41N3O/c1-29-11-8-25-18-24-4-5-26(33-15-2-3-16-33)19-30(24)12-13-31(25,35-30)27(29)6-7-28(29)34-17-10-22-9-14-32-20-23(22)21-34/h8-9,14,18,20,26-28H,2-7,10-13,15-17,19,21H2,1H3. The van der Waals surface area contributed by atoms with Crippen LogP contribution in [0.15, 0.2) is 41.8 Å². The molecule has 2 saturated carbocycles. The van der Waals surface area contributed by atoms with E-state index in [4.69, 9.17) is 4.74 Å². The molecule has 4 heteroatoms. The lowest BCUT2D eigenvalue weighted by atomic mass is 9.59. The minimum atomic E-state index is -0.0204. The Morgan fingerprint density at radius 3 is 2.83 bits per heavy atom. The van der Waals surface area contributed by atoms with Crippen LogP contribution in [0.4, 0.5) is 0 Å². The minimum absolute atomic E-state index is 0.0204. The number of likely N-dealkylation sites (tertiary alicyclic amines) is 1. The number of allylic oxidation sites excluding steroid dienone is 1. The summed E-state index contributed by atoms with van der Waals surface area (Å²) in [7, 11) is 0. The predicted molar refractivity (Wildman–Crippen MR) is 138 cm³/mol. The van der Waals surface area contributed by atoms with Crippen molar-refractivity contribution in [1.82, 2.24) is 14.8 Å². The molecule has 2 spiro atoms. The van der Waals surface area contributed by atoms with Gasteiger partial charge >= 0.3 is 0 Å². The van der Waals surface area contributed by atoms with Gasteiger partial charge in [-0.15, -0.1) is 0 Å². The molecule has 6 unspecified atom stereocenters. The summed E-state index contributed by atoms with van der Waals surface area (Å²) in [6.45, 7) is 7.52. The van der Waals surface area contributed by atoms with E-state index in [9.17, 15) is 0 Å². The summed E-state index contributed by atoms with van der Waals surface area (Å²) < 4.78 is 7.55. The summed E-state index contributed by atoms with van der Waals surface area (Å²) in [5, 5.41) is 0. The monoisotopic (exact) mass is 471 g/mol. The number of nitrogens with zero attached hydrogens (tertiary/aromatic N) is 3. The van der Waals surface area contributed by atoms with Gasteiger partial charge < -0.3 is 9.64 Å². The van der Waals surface area contributed by atoms with E-state index < -0.39 is 0 Å². The van der Waals surface area contributed by atoms with Crippen molar-refractivity contribution in [3.63, 3.8) is 0 Å². The summed E-state index contributed by atoms with van der Waals surface area (Å²) in [6, 6.07) is 3.63. The first-order valence-electron chi connectivity index (χ1n) is 14.6. The van der Waals surface area contributed by atoms with E-state index in [0.29, 0.717) is 17.4 Å². The maximum Gasteiger partial charge on any atom is 0.0975 e. The van der Waals surface area contributed by atoms with Crippen molar-refractivity contribution >= 4 is 0 Å². The number of aromatic nitrogens is 1. The largest absolute Gasteiger partial charge is 0.359 e. The van der Waals surface area contributed by atoms with Crippen molar-refractivity contribution in [1.29, 1.82) is 0 Å². The van der Waals surface area contributed by atoms with Gasteiger partial charge in [0.15, 0.2) is 0 Å². The van der Waals surface area contributed by atoms with Gasteiger partial charge in [-0.1, -0.05) is 19.1 Å². The predicted octanol–water partition coefficient (Wildman–Crippen LogP) is 5.43. The Bertz CT molecular complexity index is 1100. The van der Waals surface area contributed by atoms with Crippen LogP contribution in [-0.2, 0) is 17.7 Å². The van der Waals surface area contributed by atoms with Gasteiger partial charge in [-0.05, 0) is 123 Å². The van der Waals surface area contributed by atoms with Crippen LogP contribution in [0.3, 0.4) is 0 Å². The van der Waals surface area contributed by atoms with Gasteiger partial charge in [0, 0.05) is 37.6 Å². The average Bonchev–Trinajstić information content (AvgIpc) is 3.60. The van der Waals surface area contributed by atoms with Crippen LogP contribution in [-0.4, -0.2) is 57.7 Å². The lowest BCUT2D eigenvalue weighted by Gasteiger charge is -2.55. The SMILES string of the molecule is CC12CC=C3C=C4CCC(N5CCCC5)CC45CCC3(O5)C1CCC2N1CCc2ccncc2C1. The molecule has 5 heterocycles. The topological polar surface area (TPSA) is 28.6 Å². The second kappa shape index (κ2) is 7.52. The molecule has 4 aliphatic heterocycles. The smallest absolute Gasteiger partial charge is 0.0975 e. The molecule has 186 valence electrons. The third-order valence-corrected chi connectivity index (χ3v) is 11.7. The Kier molecular flexibility index (Phi) is 4.64. The molecular formula is C31H41N3O. The van der Waals surface area contributed by atoms with Crippen molar-refractivity contribution in [2.45, 2.75) is 107 Å². The second-order valence-electron chi connectivity index (χ2n) is 13.2. The molecular weight excluding hydrogens is 430 g/mol. The Balaban J connectivity index is 1.10. The first kappa shape index (κ1) is 21.6. The molecule has 6 atom stereocenters. The number of hydrogen-bond donors (Lipinski definition) is 0. The molecule has 0 N–H and O–H groups in total. The van der Waals surface area contributed by atoms with Gasteiger partial charge in [0.05, 0.1) is 11.2 Å². The van der Waals surface area contributed by atoms with Gasteiger partial charge in [-0.3, -0.25) is 9.88 Å². The molecule has 1 aromatic heterocycles. The van der Waals surface area contributed by atoms with Crippen LogP contribution >= 0.6 is 0 Å². The number of rotatable bonds is 2. The third kappa shape index (κ3) is 2.94. The Labute approximate surface area is 210 Å². The zero-order valence-corrected chi connectivity index (χ0v) is 21.5. The molecule has 7 aliphatic rings.